The van der Waals surface area contributed by atoms with E-state index in [0.717, 1.165) is 15.6 Å². The summed E-state index contributed by atoms with van der Waals surface area (Å²) in [5, 5.41) is 9.27. The molecule has 0 amide bonds. The van der Waals surface area contributed by atoms with Gasteiger partial charge in [-0.25, -0.2) is 0 Å². The number of halogens is 1. The Kier molecular flexibility index (Phi) is 4.58. The Hall–Kier alpha value is -1.36. The van der Waals surface area contributed by atoms with Gasteiger partial charge in [0.15, 0.2) is 0 Å². The van der Waals surface area contributed by atoms with Crippen molar-refractivity contribution in [2.75, 3.05) is 0 Å². The molecule has 1 unspecified atom stereocenters. The second-order valence-electron chi connectivity index (χ2n) is 4.35. The summed E-state index contributed by atoms with van der Waals surface area (Å²) in [5.41, 5.74) is 7.63. The van der Waals surface area contributed by atoms with Gasteiger partial charge in [0.25, 0.3) is 0 Å². The summed E-state index contributed by atoms with van der Waals surface area (Å²) >= 11 is 3.48. The summed E-state index contributed by atoms with van der Waals surface area (Å²) in [6, 6.07) is 13.1. The highest BCUT2D eigenvalue weighted by molar-refractivity contribution is 9.10. The lowest BCUT2D eigenvalue weighted by Gasteiger charge is -2.13. The fourth-order valence-electron chi connectivity index (χ4n) is 1.74. The number of hydrogen-bond acceptors (Lipinski definition) is 3. The monoisotopic (exact) mass is 321 g/mol. The van der Waals surface area contributed by atoms with Gasteiger partial charge in [0.2, 0.25) is 0 Å². The van der Waals surface area contributed by atoms with Gasteiger partial charge in [-0.15, -0.1) is 0 Å². The topological polar surface area (TPSA) is 55.5 Å². The van der Waals surface area contributed by atoms with Crippen molar-refractivity contribution < 1.29 is 9.84 Å². The molecule has 2 aromatic rings. The molecule has 0 saturated heterocycles. The van der Waals surface area contributed by atoms with E-state index in [1.807, 2.05) is 49.4 Å². The van der Waals surface area contributed by atoms with E-state index >= 15 is 0 Å². The van der Waals surface area contributed by atoms with Crippen LogP contribution < -0.4 is 10.5 Å². The highest BCUT2D eigenvalue weighted by Crippen LogP contribution is 2.33. The van der Waals surface area contributed by atoms with Crippen molar-refractivity contribution in [3.63, 3.8) is 0 Å². The van der Waals surface area contributed by atoms with E-state index in [0.29, 0.717) is 11.5 Å². The van der Waals surface area contributed by atoms with E-state index in [2.05, 4.69) is 15.9 Å². The lowest BCUT2D eigenvalue weighted by molar-refractivity contribution is 0.276. The maximum absolute atomic E-state index is 9.27. The van der Waals surface area contributed by atoms with Crippen molar-refractivity contribution in [3.05, 3.63) is 58.1 Å². The van der Waals surface area contributed by atoms with Gasteiger partial charge < -0.3 is 15.6 Å². The third kappa shape index (κ3) is 3.35. The van der Waals surface area contributed by atoms with Gasteiger partial charge in [-0.3, -0.25) is 0 Å². The van der Waals surface area contributed by atoms with Crippen LogP contribution in [0.3, 0.4) is 0 Å². The lowest BCUT2D eigenvalue weighted by atomic mass is 10.1. The molecular weight excluding hydrogens is 306 g/mol. The minimum atomic E-state index is -0.0499. The van der Waals surface area contributed by atoms with E-state index in [4.69, 9.17) is 10.5 Å². The molecule has 0 heterocycles. The smallest absolute Gasteiger partial charge is 0.141 e. The van der Waals surface area contributed by atoms with Gasteiger partial charge in [0.1, 0.15) is 11.5 Å². The number of aliphatic hydroxyl groups is 1. The Morgan fingerprint density at radius 1 is 1.21 bits per heavy atom. The minimum Gasteiger partial charge on any atom is -0.456 e. The molecule has 3 nitrogen and oxygen atoms in total. The molecule has 100 valence electrons. The molecule has 3 N–H and O–H groups in total. The zero-order chi connectivity index (χ0) is 13.8. The zero-order valence-corrected chi connectivity index (χ0v) is 12.2. The number of ether oxygens (including phenoxy) is 1. The maximum Gasteiger partial charge on any atom is 0.141 e. The van der Waals surface area contributed by atoms with Crippen LogP contribution in [0, 0.1) is 0 Å². The van der Waals surface area contributed by atoms with E-state index in [1.54, 1.807) is 0 Å². The Morgan fingerprint density at radius 3 is 2.58 bits per heavy atom. The molecule has 0 radical (unpaired) electrons. The molecule has 0 aliphatic carbocycles. The second kappa shape index (κ2) is 6.19. The number of benzene rings is 2. The summed E-state index contributed by atoms with van der Waals surface area (Å²) in [6.45, 7) is 1.88. The first kappa shape index (κ1) is 14.1. The van der Waals surface area contributed by atoms with Crippen molar-refractivity contribution in [1.82, 2.24) is 0 Å². The summed E-state index contributed by atoms with van der Waals surface area (Å²) < 4.78 is 6.66. The summed E-state index contributed by atoms with van der Waals surface area (Å²) in [4.78, 5) is 0. The van der Waals surface area contributed by atoms with Crippen LogP contribution in [0.1, 0.15) is 24.1 Å². The maximum atomic E-state index is 9.27. The van der Waals surface area contributed by atoms with Crippen molar-refractivity contribution in [2.45, 2.75) is 19.6 Å². The molecule has 1 atom stereocenters. The standard InChI is InChI=1S/C15H16BrNO2/c1-10(17)11-6-7-15(13(16)8-11)19-14-5-3-2-4-12(14)9-18/h2-8,10,18H,9,17H2,1H3. The van der Waals surface area contributed by atoms with Crippen LogP contribution in [0.5, 0.6) is 11.5 Å². The molecule has 19 heavy (non-hydrogen) atoms. The highest BCUT2D eigenvalue weighted by Gasteiger charge is 2.08. The fraction of sp³-hybridized carbons (Fsp3) is 0.200. The molecule has 0 fully saturated rings. The van der Waals surface area contributed by atoms with Crippen LogP contribution in [-0.4, -0.2) is 5.11 Å². The van der Waals surface area contributed by atoms with Crippen LogP contribution in [0.15, 0.2) is 46.9 Å². The van der Waals surface area contributed by atoms with Crippen molar-refractivity contribution in [1.29, 1.82) is 0 Å². The number of nitrogens with two attached hydrogens (primary N) is 1. The number of rotatable bonds is 4. The highest BCUT2D eigenvalue weighted by atomic mass is 79.9. The molecule has 2 rings (SSSR count). The van der Waals surface area contributed by atoms with E-state index in [1.165, 1.54) is 0 Å². The van der Waals surface area contributed by atoms with E-state index in [-0.39, 0.29) is 12.6 Å². The predicted molar refractivity (Wildman–Crippen MR) is 79.2 cm³/mol. The quantitative estimate of drug-likeness (QED) is 0.901. The van der Waals surface area contributed by atoms with Crippen LogP contribution >= 0.6 is 15.9 Å². The van der Waals surface area contributed by atoms with Gasteiger partial charge in [-0.1, -0.05) is 24.3 Å². The normalized spacial score (nSPS) is 12.2. The van der Waals surface area contributed by atoms with E-state index in [9.17, 15) is 5.11 Å². The largest absolute Gasteiger partial charge is 0.456 e. The summed E-state index contributed by atoms with van der Waals surface area (Å²) in [7, 11) is 0. The Bertz CT molecular complexity index is 570. The first-order valence-electron chi connectivity index (χ1n) is 6.03. The van der Waals surface area contributed by atoms with Crippen molar-refractivity contribution >= 4 is 15.9 Å². The molecule has 0 bridgehead atoms. The minimum absolute atomic E-state index is 0.0184. The summed E-state index contributed by atoms with van der Waals surface area (Å²) in [5.74, 6) is 1.35. The molecule has 0 aliphatic heterocycles. The Morgan fingerprint density at radius 2 is 1.95 bits per heavy atom. The van der Waals surface area contributed by atoms with Crippen LogP contribution in [-0.2, 0) is 6.61 Å². The number of para-hydroxylation sites is 1. The second-order valence-corrected chi connectivity index (χ2v) is 5.20. The number of hydrogen-bond donors (Lipinski definition) is 2. The summed E-state index contributed by atoms with van der Waals surface area (Å²) in [6.07, 6.45) is 0. The van der Waals surface area contributed by atoms with Crippen molar-refractivity contribution in [2.24, 2.45) is 5.73 Å². The molecule has 2 aromatic carbocycles. The van der Waals surface area contributed by atoms with Crippen LogP contribution in [0.2, 0.25) is 0 Å². The lowest BCUT2D eigenvalue weighted by Crippen LogP contribution is -2.04. The fourth-order valence-corrected chi connectivity index (χ4v) is 2.21. The van der Waals surface area contributed by atoms with Gasteiger partial charge in [0.05, 0.1) is 11.1 Å². The molecule has 0 spiro atoms. The third-order valence-corrected chi connectivity index (χ3v) is 3.46. The first-order chi connectivity index (χ1) is 9.11. The zero-order valence-electron chi connectivity index (χ0n) is 10.6. The number of aliphatic hydroxyl groups excluding tert-OH is 1. The Labute approximate surface area is 121 Å². The average Bonchev–Trinajstić information content (AvgIpc) is 2.41. The molecule has 4 heteroatoms. The third-order valence-electron chi connectivity index (χ3n) is 2.84. The van der Waals surface area contributed by atoms with Crippen LogP contribution in [0.4, 0.5) is 0 Å². The first-order valence-corrected chi connectivity index (χ1v) is 6.82. The average molecular weight is 322 g/mol. The predicted octanol–water partition coefficient (Wildman–Crippen LogP) is 3.75. The van der Waals surface area contributed by atoms with Crippen molar-refractivity contribution in [3.8, 4) is 11.5 Å². The van der Waals surface area contributed by atoms with Gasteiger partial charge in [-0.2, -0.15) is 0 Å². The van der Waals surface area contributed by atoms with Crippen LogP contribution in [0.25, 0.3) is 0 Å². The molecule has 0 aromatic heterocycles. The van der Waals surface area contributed by atoms with Gasteiger partial charge in [0, 0.05) is 11.6 Å². The SMILES string of the molecule is CC(N)c1ccc(Oc2ccccc2CO)c(Br)c1. The Balaban J connectivity index is 2.28. The van der Waals surface area contributed by atoms with E-state index < -0.39 is 0 Å². The molecule has 0 aliphatic rings. The molecule has 0 saturated carbocycles. The molecular formula is C15H16BrNO2. The van der Waals surface area contributed by atoms with Gasteiger partial charge >= 0.3 is 0 Å². The van der Waals surface area contributed by atoms with Gasteiger partial charge in [-0.05, 0) is 46.6 Å².